The van der Waals surface area contributed by atoms with Crippen LogP contribution in [0.3, 0.4) is 0 Å². The van der Waals surface area contributed by atoms with Crippen molar-refractivity contribution in [3.8, 4) is 22.6 Å². The lowest BCUT2D eigenvalue weighted by Crippen LogP contribution is -2.05. The summed E-state index contributed by atoms with van der Waals surface area (Å²) in [5, 5.41) is 20.1. The molecule has 0 amide bonds. The fourth-order valence-electron chi connectivity index (χ4n) is 2.09. The van der Waals surface area contributed by atoms with E-state index >= 15 is 0 Å². The largest absolute Gasteiger partial charge is 0.504 e. The molecule has 0 aromatic heterocycles. The zero-order valence-corrected chi connectivity index (χ0v) is 12.7. The van der Waals surface area contributed by atoms with Crippen molar-refractivity contribution < 1.29 is 29.3 Å². The van der Waals surface area contributed by atoms with Crippen molar-refractivity contribution in [2.24, 2.45) is 0 Å². The molecule has 0 aliphatic heterocycles. The Labute approximate surface area is 132 Å². The van der Waals surface area contributed by atoms with Gasteiger partial charge in [-0.3, -0.25) is 0 Å². The number of hydrogen-bond donors (Lipinski definition) is 2. The number of benzene rings is 2. The van der Waals surface area contributed by atoms with Gasteiger partial charge in [-0.2, -0.15) is 0 Å². The molecule has 2 aromatic carbocycles. The SMILES string of the molecule is CCOC(=O)c1ccc(-c2ccc(C(=O)OC)cc2)c(O)c1O. The number of ether oxygens (including phenoxy) is 2. The van der Waals surface area contributed by atoms with Gasteiger partial charge in [-0.05, 0) is 36.8 Å². The van der Waals surface area contributed by atoms with Crippen LogP contribution in [-0.4, -0.2) is 35.9 Å². The van der Waals surface area contributed by atoms with E-state index in [0.29, 0.717) is 16.7 Å². The van der Waals surface area contributed by atoms with Gasteiger partial charge in [0.15, 0.2) is 11.5 Å². The molecule has 2 aromatic rings. The molecule has 0 unspecified atom stereocenters. The third-order valence-corrected chi connectivity index (χ3v) is 3.26. The molecule has 0 heterocycles. The second-order valence-corrected chi connectivity index (χ2v) is 4.65. The van der Waals surface area contributed by atoms with Gasteiger partial charge in [0, 0.05) is 5.56 Å². The minimum atomic E-state index is -0.715. The van der Waals surface area contributed by atoms with Crippen LogP contribution < -0.4 is 0 Å². The maximum atomic E-state index is 11.7. The van der Waals surface area contributed by atoms with Gasteiger partial charge in [-0.1, -0.05) is 12.1 Å². The highest BCUT2D eigenvalue weighted by Crippen LogP contribution is 2.39. The van der Waals surface area contributed by atoms with Gasteiger partial charge in [-0.15, -0.1) is 0 Å². The Morgan fingerprint density at radius 3 is 2.17 bits per heavy atom. The van der Waals surface area contributed by atoms with Crippen molar-refractivity contribution in [3.63, 3.8) is 0 Å². The lowest BCUT2D eigenvalue weighted by atomic mass is 10.0. The zero-order valence-electron chi connectivity index (χ0n) is 12.7. The Kier molecular flexibility index (Phi) is 4.85. The summed E-state index contributed by atoms with van der Waals surface area (Å²) < 4.78 is 9.41. The van der Waals surface area contributed by atoms with Gasteiger partial charge < -0.3 is 19.7 Å². The minimum absolute atomic E-state index is 0.112. The topological polar surface area (TPSA) is 93.1 Å². The lowest BCUT2D eigenvalue weighted by molar-refractivity contribution is 0.0521. The van der Waals surface area contributed by atoms with Crippen LogP contribution in [0.5, 0.6) is 11.5 Å². The standard InChI is InChI=1S/C17H16O6/c1-3-23-17(21)13-9-8-12(14(18)15(13)19)10-4-6-11(7-5-10)16(20)22-2/h4-9,18-19H,3H2,1-2H3. The number of esters is 2. The van der Waals surface area contributed by atoms with Gasteiger partial charge in [0.2, 0.25) is 0 Å². The van der Waals surface area contributed by atoms with Crippen molar-refractivity contribution >= 4 is 11.9 Å². The number of carbonyl (C=O) groups excluding carboxylic acids is 2. The van der Waals surface area contributed by atoms with Crippen molar-refractivity contribution in [3.05, 3.63) is 47.5 Å². The fraction of sp³-hybridized carbons (Fsp3) is 0.176. The molecule has 0 saturated carbocycles. The Hall–Kier alpha value is -3.02. The first-order valence-electron chi connectivity index (χ1n) is 6.90. The molecule has 120 valence electrons. The molecule has 6 nitrogen and oxygen atoms in total. The molecule has 6 heteroatoms. The number of phenolic OH excluding ortho intramolecular Hbond substituents is 2. The van der Waals surface area contributed by atoms with Crippen molar-refractivity contribution in [2.45, 2.75) is 6.92 Å². The summed E-state index contributed by atoms with van der Waals surface area (Å²) in [7, 11) is 1.29. The maximum Gasteiger partial charge on any atom is 0.342 e. The van der Waals surface area contributed by atoms with E-state index in [0.717, 1.165) is 0 Å². The van der Waals surface area contributed by atoms with Crippen LogP contribution in [0, 0.1) is 0 Å². The van der Waals surface area contributed by atoms with E-state index in [1.807, 2.05) is 0 Å². The van der Waals surface area contributed by atoms with Gasteiger partial charge in [0.25, 0.3) is 0 Å². The van der Waals surface area contributed by atoms with E-state index in [2.05, 4.69) is 4.74 Å². The molecular formula is C17H16O6. The number of phenols is 2. The zero-order chi connectivity index (χ0) is 17.0. The number of hydrogen-bond acceptors (Lipinski definition) is 6. The second-order valence-electron chi connectivity index (χ2n) is 4.65. The van der Waals surface area contributed by atoms with Gasteiger partial charge in [0.05, 0.1) is 19.3 Å². The van der Waals surface area contributed by atoms with Gasteiger partial charge in [-0.25, -0.2) is 9.59 Å². The molecule has 0 atom stereocenters. The molecular weight excluding hydrogens is 300 g/mol. The maximum absolute atomic E-state index is 11.7. The summed E-state index contributed by atoms with van der Waals surface area (Å²) >= 11 is 0. The summed E-state index contributed by atoms with van der Waals surface area (Å²) in [5.41, 5.74) is 1.15. The average molecular weight is 316 g/mol. The summed E-state index contributed by atoms with van der Waals surface area (Å²) in [6.45, 7) is 1.81. The molecule has 0 spiro atoms. The van der Waals surface area contributed by atoms with Crippen LogP contribution in [0.2, 0.25) is 0 Å². The van der Waals surface area contributed by atoms with Crippen LogP contribution >= 0.6 is 0 Å². The molecule has 0 bridgehead atoms. The quantitative estimate of drug-likeness (QED) is 0.665. The number of methoxy groups -OCH3 is 1. The third kappa shape index (κ3) is 3.26. The molecule has 2 N–H and O–H groups in total. The fourth-order valence-corrected chi connectivity index (χ4v) is 2.09. The average Bonchev–Trinajstić information content (AvgIpc) is 2.57. The lowest BCUT2D eigenvalue weighted by Gasteiger charge is -2.10. The summed E-state index contributed by atoms with van der Waals surface area (Å²) in [6, 6.07) is 9.15. The predicted molar refractivity (Wildman–Crippen MR) is 82.5 cm³/mol. The molecule has 0 radical (unpaired) electrons. The summed E-state index contributed by atoms with van der Waals surface area (Å²) in [6.07, 6.45) is 0. The van der Waals surface area contributed by atoms with E-state index in [-0.39, 0.29) is 12.2 Å². The molecule has 0 fully saturated rings. The number of aromatic hydroxyl groups is 2. The minimum Gasteiger partial charge on any atom is -0.504 e. The Morgan fingerprint density at radius 2 is 1.61 bits per heavy atom. The highest BCUT2D eigenvalue weighted by Gasteiger charge is 2.19. The molecule has 23 heavy (non-hydrogen) atoms. The highest BCUT2D eigenvalue weighted by atomic mass is 16.5. The summed E-state index contributed by atoms with van der Waals surface area (Å²) in [5.74, 6) is -2.16. The summed E-state index contributed by atoms with van der Waals surface area (Å²) in [4.78, 5) is 23.1. The van der Waals surface area contributed by atoms with E-state index in [9.17, 15) is 19.8 Å². The number of carbonyl (C=O) groups is 2. The van der Waals surface area contributed by atoms with E-state index in [1.165, 1.54) is 31.4 Å². The first-order chi connectivity index (χ1) is 11.0. The van der Waals surface area contributed by atoms with Crippen molar-refractivity contribution in [1.82, 2.24) is 0 Å². The molecule has 0 aliphatic rings. The Bertz CT molecular complexity index is 733. The van der Waals surface area contributed by atoms with Crippen LogP contribution in [-0.2, 0) is 9.47 Å². The van der Waals surface area contributed by atoms with Crippen LogP contribution in [0.15, 0.2) is 36.4 Å². The highest BCUT2D eigenvalue weighted by molar-refractivity contribution is 5.95. The normalized spacial score (nSPS) is 10.2. The first kappa shape index (κ1) is 16.4. The third-order valence-electron chi connectivity index (χ3n) is 3.26. The van der Waals surface area contributed by atoms with E-state index in [1.54, 1.807) is 19.1 Å². The molecule has 2 rings (SSSR count). The van der Waals surface area contributed by atoms with Crippen molar-refractivity contribution in [1.29, 1.82) is 0 Å². The van der Waals surface area contributed by atoms with Gasteiger partial charge in [0.1, 0.15) is 5.56 Å². The second kappa shape index (κ2) is 6.83. The van der Waals surface area contributed by atoms with Crippen LogP contribution in [0.1, 0.15) is 27.6 Å². The Balaban J connectivity index is 2.39. The smallest absolute Gasteiger partial charge is 0.342 e. The molecule has 0 saturated heterocycles. The molecule has 0 aliphatic carbocycles. The predicted octanol–water partition coefficient (Wildman–Crippen LogP) is 2.73. The Morgan fingerprint density at radius 1 is 0.957 bits per heavy atom. The van der Waals surface area contributed by atoms with E-state index in [4.69, 9.17) is 4.74 Å². The van der Waals surface area contributed by atoms with Gasteiger partial charge >= 0.3 is 11.9 Å². The van der Waals surface area contributed by atoms with Crippen LogP contribution in [0.25, 0.3) is 11.1 Å². The monoisotopic (exact) mass is 316 g/mol. The number of rotatable bonds is 4. The van der Waals surface area contributed by atoms with E-state index < -0.39 is 23.4 Å². The van der Waals surface area contributed by atoms with Crippen molar-refractivity contribution in [2.75, 3.05) is 13.7 Å². The van der Waals surface area contributed by atoms with Crippen LogP contribution in [0.4, 0.5) is 0 Å². The first-order valence-corrected chi connectivity index (χ1v) is 6.90.